The number of halogens is 2. The summed E-state index contributed by atoms with van der Waals surface area (Å²) < 4.78 is 36.1. The molecule has 2 atom stereocenters. The molecule has 2 aliphatic heterocycles. The van der Waals surface area contributed by atoms with Crippen LogP contribution in [-0.4, -0.2) is 75.2 Å². The standard InChI is InChI=1S/C26H36F2N6O3/c1-17-14-31(24(36)37-25(2,3)4)11-12-32(17)22-21-19(33-10-6-8-20(33)35)15-34(23(21)30-16-29-22)18-7-5-9-26(27,28)13-18/h15-18H,5-14H2,1-4H3/t17-,18?/m0/s1. The fraction of sp³-hybridized carbons (Fsp3) is 0.692. The summed E-state index contributed by atoms with van der Waals surface area (Å²) in [6, 6.07) is -0.481. The minimum Gasteiger partial charge on any atom is -0.444 e. The maximum absolute atomic E-state index is 14.4. The molecule has 202 valence electrons. The van der Waals surface area contributed by atoms with Crippen molar-refractivity contribution in [2.75, 3.05) is 36.0 Å². The van der Waals surface area contributed by atoms with Gasteiger partial charge in [0.2, 0.25) is 11.8 Å². The summed E-state index contributed by atoms with van der Waals surface area (Å²) in [6.07, 6.45) is 4.91. The summed E-state index contributed by atoms with van der Waals surface area (Å²) in [4.78, 5) is 40.2. The van der Waals surface area contributed by atoms with Gasteiger partial charge in [0.05, 0.1) is 11.1 Å². The van der Waals surface area contributed by atoms with Crippen molar-refractivity contribution in [3.8, 4) is 0 Å². The SMILES string of the molecule is C[C@H]1CN(C(=O)OC(C)(C)C)CCN1c1ncnc2c1c(N1CCCC1=O)cn2C1CCCC(F)(F)C1. The normalized spacial score (nSPS) is 24.7. The van der Waals surface area contributed by atoms with Crippen LogP contribution in [0.4, 0.5) is 25.1 Å². The third-order valence-corrected chi connectivity index (χ3v) is 7.49. The molecule has 2 amide bonds. The number of rotatable bonds is 3. The van der Waals surface area contributed by atoms with Gasteiger partial charge >= 0.3 is 6.09 Å². The summed E-state index contributed by atoms with van der Waals surface area (Å²) in [5.74, 6) is -2.03. The van der Waals surface area contributed by atoms with Crippen molar-refractivity contribution in [2.24, 2.45) is 0 Å². The zero-order valence-electron chi connectivity index (χ0n) is 22.0. The van der Waals surface area contributed by atoms with Gasteiger partial charge in [-0.05, 0) is 47.0 Å². The second kappa shape index (κ2) is 9.40. The number of piperazine rings is 1. The molecule has 2 saturated heterocycles. The molecule has 0 spiro atoms. The van der Waals surface area contributed by atoms with E-state index in [1.165, 1.54) is 6.33 Å². The summed E-state index contributed by atoms with van der Waals surface area (Å²) in [6.45, 7) is 9.56. The molecule has 1 aliphatic carbocycles. The fourth-order valence-electron chi connectivity index (χ4n) is 5.80. The Kier molecular flexibility index (Phi) is 6.52. The zero-order chi connectivity index (χ0) is 26.5. The maximum atomic E-state index is 14.4. The predicted octanol–water partition coefficient (Wildman–Crippen LogP) is 4.75. The van der Waals surface area contributed by atoms with Crippen molar-refractivity contribution in [1.82, 2.24) is 19.4 Å². The van der Waals surface area contributed by atoms with E-state index in [4.69, 9.17) is 4.74 Å². The molecule has 11 heteroatoms. The van der Waals surface area contributed by atoms with E-state index in [1.54, 1.807) is 9.80 Å². The van der Waals surface area contributed by atoms with Gasteiger partial charge in [0.25, 0.3) is 0 Å². The lowest BCUT2D eigenvalue weighted by atomic mass is 9.92. The molecule has 37 heavy (non-hydrogen) atoms. The number of amides is 2. The molecule has 3 fully saturated rings. The van der Waals surface area contributed by atoms with E-state index in [9.17, 15) is 18.4 Å². The molecule has 0 bridgehead atoms. The predicted molar refractivity (Wildman–Crippen MR) is 136 cm³/mol. The van der Waals surface area contributed by atoms with Crippen LogP contribution in [0.2, 0.25) is 0 Å². The van der Waals surface area contributed by atoms with Crippen molar-refractivity contribution < 1.29 is 23.1 Å². The van der Waals surface area contributed by atoms with Crippen LogP contribution in [0.5, 0.6) is 0 Å². The van der Waals surface area contributed by atoms with E-state index in [0.29, 0.717) is 68.0 Å². The molecule has 2 aromatic rings. The van der Waals surface area contributed by atoms with E-state index in [2.05, 4.69) is 14.9 Å². The number of carbonyl (C=O) groups excluding carboxylic acids is 2. The average molecular weight is 519 g/mol. The Balaban J connectivity index is 1.52. The lowest BCUT2D eigenvalue weighted by molar-refractivity contribution is -0.117. The first-order valence-corrected chi connectivity index (χ1v) is 13.2. The first-order chi connectivity index (χ1) is 17.4. The van der Waals surface area contributed by atoms with Crippen molar-refractivity contribution in [1.29, 1.82) is 0 Å². The lowest BCUT2D eigenvalue weighted by Crippen LogP contribution is -2.54. The molecule has 9 nitrogen and oxygen atoms in total. The molecule has 1 unspecified atom stereocenters. The lowest BCUT2D eigenvalue weighted by Gasteiger charge is -2.41. The van der Waals surface area contributed by atoms with Crippen LogP contribution in [0.1, 0.15) is 72.3 Å². The van der Waals surface area contributed by atoms with Gasteiger partial charge in [0.15, 0.2) is 0 Å². The maximum Gasteiger partial charge on any atom is 0.410 e. The summed E-state index contributed by atoms with van der Waals surface area (Å²) >= 11 is 0. The molecular weight excluding hydrogens is 482 g/mol. The van der Waals surface area contributed by atoms with Gasteiger partial charge in [-0.1, -0.05) is 0 Å². The van der Waals surface area contributed by atoms with Crippen LogP contribution in [-0.2, 0) is 9.53 Å². The molecule has 0 aromatic carbocycles. The van der Waals surface area contributed by atoms with Crippen LogP contribution in [0, 0.1) is 0 Å². The number of hydrogen-bond donors (Lipinski definition) is 0. The Morgan fingerprint density at radius 2 is 1.95 bits per heavy atom. The summed E-state index contributed by atoms with van der Waals surface area (Å²) in [5.41, 5.74) is 0.680. The molecule has 4 heterocycles. The van der Waals surface area contributed by atoms with Crippen molar-refractivity contribution in [3.63, 3.8) is 0 Å². The van der Waals surface area contributed by atoms with Crippen molar-refractivity contribution >= 4 is 34.5 Å². The van der Waals surface area contributed by atoms with Gasteiger partial charge in [0.1, 0.15) is 23.4 Å². The Labute approximate surface area is 215 Å². The molecule has 2 aromatic heterocycles. The highest BCUT2D eigenvalue weighted by atomic mass is 19.3. The smallest absolute Gasteiger partial charge is 0.410 e. The van der Waals surface area contributed by atoms with E-state index in [1.807, 2.05) is 38.5 Å². The quantitative estimate of drug-likeness (QED) is 0.583. The van der Waals surface area contributed by atoms with E-state index < -0.39 is 17.6 Å². The van der Waals surface area contributed by atoms with E-state index in [-0.39, 0.29) is 30.9 Å². The van der Waals surface area contributed by atoms with Crippen LogP contribution >= 0.6 is 0 Å². The Hall–Kier alpha value is -2.98. The molecule has 0 N–H and O–H groups in total. The molecule has 5 rings (SSSR count). The number of ether oxygens (including phenoxy) is 1. The monoisotopic (exact) mass is 518 g/mol. The number of alkyl halides is 2. The highest BCUT2D eigenvalue weighted by Crippen LogP contribution is 2.44. The van der Waals surface area contributed by atoms with Gasteiger partial charge < -0.3 is 24.0 Å². The third kappa shape index (κ3) is 5.09. The van der Waals surface area contributed by atoms with Crippen molar-refractivity contribution in [3.05, 3.63) is 12.5 Å². The van der Waals surface area contributed by atoms with E-state index >= 15 is 0 Å². The largest absolute Gasteiger partial charge is 0.444 e. The number of nitrogens with zero attached hydrogens (tertiary/aromatic N) is 6. The van der Waals surface area contributed by atoms with Crippen molar-refractivity contribution in [2.45, 2.75) is 89.8 Å². The van der Waals surface area contributed by atoms with Gasteiger partial charge in [-0.25, -0.2) is 23.5 Å². The van der Waals surface area contributed by atoms with Crippen LogP contribution in [0.3, 0.4) is 0 Å². The second-order valence-corrected chi connectivity index (χ2v) is 11.5. The van der Waals surface area contributed by atoms with Gasteiger partial charge in [-0.15, -0.1) is 0 Å². The minimum atomic E-state index is -2.72. The first kappa shape index (κ1) is 25.7. The number of carbonyl (C=O) groups is 2. The average Bonchev–Trinajstić information content (AvgIpc) is 3.40. The zero-order valence-corrected chi connectivity index (χ0v) is 22.0. The number of fused-ring (bicyclic) bond motifs is 1. The Morgan fingerprint density at radius 3 is 2.59 bits per heavy atom. The Bertz CT molecular complexity index is 1190. The highest BCUT2D eigenvalue weighted by molar-refractivity contribution is 6.08. The fourth-order valence-corrected chi connectivity index (χ4v) is 5.80. The second-order valence-electron chi connectivity index (χ2n) is 11.5. The number of anilines is 2. The molecule has 3 aliphatic rings. The van der Waals surface area contributed by atoms with E-state index in [0.717, 1.165) is 6.42 Å². The number of aromatic nitrogens is 3. The summed E-state index contributed by atoms with van der Waals surface area (Å²) in [7, 11) is 0. The highest BCUT2D eigenvalue weighted by Gasteiger charge is 2.39. The Morgan fingerprint density at radius 1 is 1.16 bits per heavy atom. The first-order valence-electron chi connectivity index (χ1n) is 13.2. The van der Waals surface area contributed by atoms with Crippen LogP contribution in [0.15, 0.2) is 12.5 Å². The van der Waals surface area contributed by atoms with Crippen LogP contribution < -0.4 is 9.80 Å². The molecule has 0 radical (unpaired) electrons. The van der Waals surface area contributed by atoms with Crippen LogP contribution in [0.25, 0.3) is 11.0 Å². The van der Waals surface area contributed by atoms with Gasteiger partial charge in [0, 0.05) is 63.7 Å². The number of hydrogen-bond acceptors (Lipinski definition) is 6. The third-order valence-electron chi connectivity index (χ3n) is 7.49. The van der Waals surface area contributed by atoms with Gasteiger partial charge in [-0.2, -0.15) is 0 Å². The minimum absolute atomic E-state index is 0.0191. The van der Waals surface area contributed by atoms with Gasteiger partial charge in [-0.3, -0.25) is 4.79 Å². The molecule has 1 saturated carbocycles. The molecular formula is C26H36F2N6O3. The summed E-state index contributed by atoms with van der Waals surface area (Å²) in [5, 5.41) is 0.712. The topological polar surface area (TPSA) is 83.8 Å².